The number of hydrogen-bond donors (Lipinski definition) is 3. The molecular weight excluding hydrogens is 567 g/mol. The Morgan fingerprint density at radius 1 is 1.38 bits per heavy atom. The third-order valence-corrected chi connectivity index (χ3v) is 9.03. The van der Waals surface area contributed by atoms with Gasteiger partial charge in [-0.15, -0.1) is 23.1 Å². The second-order valence-electron chi connectivity index (χ2n) is 7.24. The number of methoxy groups -OCH3 is 1. The molecule has 18 heteroatoms. The third kappa shape index (κ3) is 5.77. The lowest BCUT2D eigenvalue weighted by Gasteiger charge is -2.49. The molecule has 0 bridgehead atoms. The SMILES string of the molecule is COCc1nsc(SCC2=C(C(=O)O)N3C(=O)C(NC(=O)C(=NOC)c4csc(NC=O)n4)[C@H]3SC2)n1. The summed E-state index contributed by atoms with van der Waals surface area (Å²) in [6.07, 6.45) is 0.449. The number of carboxylic acid groups (broad SMARTS) is 1. The Morgan fingerprint density at radius 3 is 2.89 bits per heavy atom. The zero-order valence-electron chi connectivity index (χ0n) is 19.2. The number of nitrogens with one attached hydrogen (secondary N) is 2. The number of amides is 3. The molecular formula is C19H19N7O7S4. The Balaban J connectivity index is 1.45. The summed E-state index contributed by atoms with van der Waals surface area (Å²) in [6.45, 7) is 0.281. The van der Waals surface area contributed by atoms with Crippen molar-refractivity contribution in [1.29, 1.82) is 0 Å². The number of ether oxygens (including phenoxy) is 1. The molecule has 14 nitrogen and oxygen atoms in total. The molecule has 3 N–H and O–H groups in total. The maximum absolute atomic E-state index is 13.0. The van der Waals surface area contributed by atoms with Gasteiger partial charge in [0.2, 0.25) is 6.41 Å². The van der Waals surface area contributed by atoms with Crippen molar-refractivity contribution in [2.45, 2.75) is 22.4 Å². The quantitative estimate of drug-likeness (QED) is 0.104. The van der Waals surface area contributed by atoms with E-state index < -0.39 is 29.2 Å². The monoisotopic (exact) mass is 585 g/mol. The van der Waals surface area contributed by atoms with Crippen molar-refractivity contribution >= 4 is 81.4 Å². The predicted octanol–water partition coefficient (Wildman–Crippen LogP) is 0.591. The highest BCUT2D eigenvalue weighted by Gasteiger charge is 2.54. The van der Waals surface area contributed by atoms with Crippen LogP contribution < -0.4 is 10.6 Å². The van der Waals surface area contributed by atoms with E-state index in [4.69, 9.17) is 9.57 Å². The molecule has 1 fully saturated rings. The number of rotatable bonds is 12. The molecule has 4 heterocycles. The topological polar surface area (TPSA) is 185 Å². The maximum Gasteiger partial charge on any atom is 0.352 e. The number of anilines is 1. The lowest BCUT2D eigenvalue weighted by Crippen LogP contribution is -2.71. The first kappa shape index (κ1) is 27.0. The molecule has 0 spiro atoms. The van der Waals surface area contributed by atoms with Gasteiger partial charge in [-0.1, -0.05) is 16.9 Å². The molecule has 3 amide bonds. The number of carbonyl (C=O) groups is 4. The first-order chi connectivity index (χ1) is 17.9. The van der Waals surface area contributed by atoms with Crippen LogP contribution in [0.2, 0.25) is 0 Å². The molecule has 2 aromatic rings. The molecule has 4 rings (SSSR count). The van der Waals surface area contributed by atoms with Crippen LogP contribution >= 0.6 is 46.4 Å². The summed E-state index contributed by atoms with van der Waals surface area (Å²) in [4.78, 5) is 63.0. The van der Waals surface area contributed by atoms with Crippen molar-refractivity contribution in [3.8, 4) is 0 Å². The summed E-state index contributed by atoms with van der Waals surface area (Å²) in [7, 11) is 2.79. The number of carboxylic acids is 1. The van der Waals surface area contributed by atoms with Gasteiger partial charge in [0.05, 0.1) is 0 Å². The Labute approximate surface area is 226 Å². The third-order valence-electron chi connectivity index (χ3n) is 4.96. The molecule has 37 heavy (non-hydrogen) atoms. The lowest BCUT2D eigenvalue weighted by atomic mass is 10.0. The highest BCUT2D eigenvalue weighted by Crippen LogP contribution is 2.41. The average molecular weight is 586 g/mol. The fourth-order valence-electron chi connectivity index (χ4n) is 3.43. The molecule has 196 valence electrons. The summed E-state index contributed by atoms with van der Waals surface area (Å²) in [5.74, 6) is -1.30. The zero-order valence-corrected chi connectivity index (χ0v) is 22.5. The van der Waals surface area contributed by atoms with Gasteiger partial charge in [-0.05, 0) is 17.1 Å². The molecule has 1 saturated heterocycles. The number of fused-ring (bicyclic) bond motifs is 1. The molecule has 0 aliphatic carbocycles. The van der Waals surface area contributed by atoms with Crippen LogP contribution in [0.5, 0.6) is 0 Å². The summed E-state index contributed by atoms with van der Waals surface area (Å²) < 4.78 is 9.84. The fourth-order valence-corrected chi connectivity index (χ4v) is 7.19. The highest BCUT2D eigenvalue weighted by molar-refractivity contribution is 8.01. The van der Waals surface area contributed by atoms with Crippen LogP contribution in [0, 0.1) is 0 Å². The first-order valence-electron chi connectivity index (χ1n) is 10.3. The van der Waals surface area contributed by atoms with E-state index in [0.29, 0.717) is 33.7 Å². The van der Waals surface area contributed by atoms with Gasteiger partial charge in [0, 0.05) is 24.0 Å². The highest BCUT2D eigenvalue weighted by atomic mass is 32.2. The van der Waals surface area contributed by atoms with Gasteiger partial charge < -0.3 is 25.3 Å². The van der Waals surface area contributed by atoms with Crippen molar-refractivity contribution in [1.82, 2.24) is 24.6 Å². The van der Waals surface area contributed by atoms with Gasteiger partial charge >= 0.3 is 5.97 Å². The zero-order chi connectivity index (χ0) is 26.5. The van der Waals surface area contributed by atoms with Crippen LogP contribution in [0.25, 0.3) is 0 Å². The standard InChI is InChI=1S/C19H19N7O7S4/c1-32-3-10-22-19(37-25-10)36-5-8-4-34-16-12(15(29)26(16)13(8)17(30)31)23-14(28)11(24-33-2)9-6-35-18(21-9)20-7-27/h6-7,12,16H,3-5H2,1-2H3,(H,23,28)(H,30,31)(H,20,21,27)/t12?,16-/m1/s1. The molecule has 0 radical (unpaired) electrons. The summed E-state index contributed by atoms with van der Waals surface area (Å²) in [5, 5.41) is 19.7. The van der Waals surface area contributed by atoms with E-state index in [0.717, 1.165) is 11.3 Å². The van der Waals surface area contributed by atoms with Crippen LogP contribution in [0.1, 0.15) is 11.5 Å². The van der Waals surface area contributed by atoms with Crippen LogP contribution in [0.4, 0.5) is 5.13 Å². The van der Waals surface area contributed by atoms with Crippen LogP contribution in [-0.4, -0.2) is 91.4 Å². The van der Waals surface area contributed by atoms with Crippen molar-refractivity contribution in [3.05, 3.63) is 28.2 Å². The van der Waals surface area contributed by atoms with E-state index in [1.165, 1.54) is 52.4 Å². The second kappa shape index (κ2) is 12.0. The molecule has 0 aromatic carbocycles. The number of aliphatic carboxylic acids is 1. The van der Waals surface area contributed by atoms with E-state index in [1.807, 2.05) is 0 Å². The maximum atomic E-state index is 13.0. The van der Waals surface area contributed by atoms with E-state index in [2.05, 4.69) is 30.1 Å². The summed E-state index contributed by atoms with van der Waals surface area (Å²) >= 11 is 4.94. The lowest BCUT2D eigenvalue weighted by molar-refractivity contribution is -0.150. The number of β-lactam (4-membered cyclic amide) rings is 1. The number of oxime groups is 1. The normalized spacial score (nSPS) is 19.2. The van der Waals surface area contributed by atoms with Gasteiger partial charge in [-0.3, -0.25) is 19.3 Å². The van der Waals surface area contributed by atoms with E-state index in [9.17, 15) is 24.3 Å². The molecule has 2 aliphatic heterocycles. The van der Waals surface area contributed by atoms with Crippen LogP contribution in [-0.2, 0) is 35.4 Å². The van der Waals surface area contributed by atoms with Gasteiger partial charge in [-0.2, -0.15) is 4.37 Å². The second-order valence-corrected chi connectivity index (χ2v) is 11.2. The van der Waals surface area contributed by atoms with E-state index in [1.54, 1.807) is 7.11 Å². The van der Waals surface area contributed by atoms with Crippen molar-refractivity contribution < 1.29 is 33.9 Å². The summed E-state index contributed by atoms with van der Waals surface area (Å²) in [5.41, 5.74) is 0.424. The van der Waals surface area contributed by atoms with Gasteiger partial charge in [0.15, 0.2) is 21.0 Å². The number of nitrogens with zero attached hydrogens (tertiary/aromatic N) is 5. The molecule has 2 atom stereocenters. The molecule has 0 saturated carbocycles. The minimum Gasteiger partial charge on any atom is -0.477 e. The fraction of sp³-hybridized carbons (Fsp3) is 0.368. The Morgan fingerprint density at radius 2 is 2.19 bits per heavy atom. The van der Waals surface area contributed by atoms with Gasteiger partial charge in [0.25, 0.3) is 11.8 Å². The molecule has 1 unspecified atom stereocenters. The Bertz CT molecular complexity index is 1280. The Hall–Kier alpha value is -3.06. The van der Waals surface area contributed by atoms with Crippen molar-refractivity contribution in [2.24, 2.45) is 5.16 Å². The smallest absolute Gasteiger partial charge is 0.352 e. The minimum atomic E-state index is -1.23. The summed E-state index contributed by atoms with van der Waals surface area (Å²) in [6, 6.07) is -0.964. The first-order valence-corrected chi connectivity index (χ1v) is 14.0. The van der Waals surface area contributed by atoms with E-state index >= 15 is 0 Å². The number of thioether (sulfide) groups is 2. The van der Waals surface area contributed by atoms with Crippen molar-refractivity contribution in [2.75, 3.05) is 31.0 Å². The van der Waals surface area contributed by atoms with Crippen LogP contribution in [0.15, 0.2) is 26.1 Å². The van der Waals surface area contributed by atoms with Crippen LogP contribution in [0.3, 0.4) is 0 Å². The minimum absolute atomic E-state index is 0.0942. The van der Waals surface area contributed by atoms with Crippen molar-refractivity contribution in [3.63, 3.8) is 0 Å². The van der Waals surface area contributed by atoms with E-state index in [-0.39, 0.29) is 28.8 Å². The number of thiazole rings is 1. The van der Waals surface area contributed by atoms with Gasteiger partial charge in [-0.25, -0.2) is 14.8 Å². The number of aromatic nitrogens is 3. The van der Waals surface area contributed by atoms with Gasteiger partial charge in [0.1, 0.15) is 36.5 Å². The molecule has 2 aromatic heterocycles. The number of carbonyl (C=O) groups excluding carboxylic acids is 3. The average Bonchev–Trinajstić information content (AvgIpc) is 3.53. The largest absolute Gasteiger partial charge is 0.477 e. The Kier molecular flexibility index (Phi) is 8.75. The molecule has 2 aliphatic rings. The number of hydrogen-bond acceptors (Lipinski definition) is 14. The predicted molar refractivity (Wildman–Crippen MR) is 136 cm³/mol.